The second-order valence-electron chi connectivity index (χ2n) is 6.07. The molecule has 1 fully saturated rings. The van der Waals surface area contributed by atoms with Gasteiger partial charge in [0.25, 0.3) is 0 Å². The topological polar surface area (TPSA) is 63.4 Å². The maximum Gasteiger partial charge on any atom is 0.416 e. The van der Waals surface area contributed by atoms with Crippen LogP contribution in [0.2, 0.25) is 0 Å². The lowest BCUT2D eigenvalue weighted by atomic mass is 9.93. The Bertz CT molecular complexity index is 644. The molecule has 0 radical (unpaired) electrons. The van der Waals surface area contributed by atoms with Crippen LogP contribution in [-0.4, -0.2) is 31.9 Å². The lowest BCUT2D eigenvalue weighted by Crippen LogP contribution is -2.45. The number of hydrogen-bond acceptors (Lipinski definition) is 3. The number of alkyl halides is 3. The highest BCUT2D eigenvalue weighted by atomic mass is 32.2. The van der Waals surface area contributed by atoms with Crippen LogP contribution in [0.1, 0.15) is 30.9 Å². The van der Waals surface area contributed by atoms with Crippen molar-refractivity contribution in [2.75, 3.05) is 13.1 Å². The second-order valence-corrected chi connectivity index (χ2v) is 8.04. The first-order valence-corrected chi connectivity index (χ1v) is 9.10. The first-order valence-electron chi connectivity index (χ1n) is 7.49. The highest BCUT2D eigenvalue weighted by Gasteiger charge is 2.33. The molecule has 0 spiro atoms. The monoisotopic (exact) mass is 350 g/mol. The number of benzene rings is 1. The fraction of sp³-hybridized carbons (Fsp3) is 0.600. The van der Waals surface area contributed by atoms with Crippen LogP contribution in [0.4, 0.5) is 13.2 Å². The minimum Gasteiger partial charge on any atom is -0.328 e. The molecular formula is C15H21F3N2O2S. The summed E-state index contributed by atoms with van der Waals surface area (Å²) in [6.45, 7) is 2.57. The summed E-state index contributed by atoms with van der Waals surface area (Å²) in [5.41, 5.74) is 5.15. The number of nitrogens with two attached hydrogens (primary N) is 1. The van der Waals surface area contributed by atoms with Gasteiger partial charge in [-0.1, -0.05) is 18.2 Å². The normalized spacial score (nSPS) is 22.0. The number of hydrogen-bond donors (Lipinski definition) is 1. The number of sulfonamides is 1. The van der Waals surface area contributed by atoms with Gasteiger partial charge in [-0.2, -0.15) is 13.2 Å². The number of rotatable bonds is 4. The van der Waals surface area contributed by atoms with E-state index >= 15 is 0 Å². The Hall–Kier alpha value is -1.12. The van der Waals surface area contributed by atoms with Gasteiger partial charge in [-0.05, 0) is 37.3 Å². The molecule has 0 saturated carbocycles. The molecule has 0 aliphatic carbocycles. The molecule has 0 bridgehead atoms. The highest BCUT2D eigenvalue weighted by molar-refractivity contribution is 7.88. The Morgan fingerprint density at radius 2 is 2.09 bits per heavy atom. The highest BCUT2D eigenvalue weighted by Crippen LogP contribution is 2.30. The zero-order chi connectivity index (χ0) is 17.3. The largest absolute Gasteiger partial charge is 0.416 e. The van der Waals surface area contributed by atoms with Crippen LogP contribution in [0, 0.1) is 5.92 Å². The molecular weight excluding hydrogens is 329 g/mol. The third-order valence-corrected chi connectivity index (χ3v) is 5.98. The van der Waals surface area contributed by atoms with E-state index in [1.54, 1.807) is 0 Å². The van der Waals surface area contributed by atoms with E-state index in [0.29, 0.717) is 19.5 Å². The van der Waals surface area contributed by atoms with Gasteiger partial charge in [0, 0.05) is 19.1 Å². The summed E-state index contributed by atoms with van der Waals surface area (Å²) in [7, 11) is -3.65. The number of nitrogens with zero attached hydrogens (tertiary/aromatic N) is 1. The van der Waals surface area contributed by atoms with E-state index in [4.69, 9.17) is 5.73 Å². The minimum absolute atomic E-state index is 0.0834. The van der Waals surface area contributed by atoms with Gasteiger partial charge in [-0.15, -0.1) is 0 Å². The molecule has 2 atom stereocenters. The molecule has 0 amide bonds. The Kier molecular flexibility index (Phi) is 5.37. The van der Waals surface area contributed by atoms with Crippen LogP contribution >= 0.6 is 0 Å². The van der Waals surface area contributed by atoms with Crippen LogP contribution < -0.4 is 5.73 Å². The lowest BCUT2D eigenvalue weighted by Gasteiger charge is -2.33. The van der Waals surface area contributed by atoms with Gasteiger partial charge in [0.1, 0.15) is 0 Å². The summed E-state index contributed by atoms with van der Waals surface area (Å²) in [6, 6.07) is 4.35. The SMILES string of the molecule is C[C@H](N)[C@@H]1CCCN(S(=O)(=O)Cc2cccc(C(F)(F)F)c2)C1. The summed E-state index contributed by atoms with van der Waals surface area (Å²) in [6.07, 6.45) is -2.90. The molecule has 23 heavy (non-hydrogen) atoms. The third kappa shape index (κ3) is 4.68. The van der Waals surface area contributed by atoms with Crippen molar-refractivity contribution in [3.05, 3.63) is 35.4 Å². The van der Waals surface area contributed by atoms with Crippen molar-refractivity contribution in [2.45, 2.75) is 37.7 Å². The molecule has 4 nitrogen and oxygen atoms in total. The summed E-state index contributed by atoms with van der Waals surface area (Å²) in [5.74, 6) is -0.345. The molecule has 0 aromatic heterocycles. The zero-order valence-corrected chi connectivity index (χ0v) is 13.7. The number of halogens is 3. The maximum absolute atomic E-state index is 12.7. The molecule has 1 aliphatic rings. The van der Waals surface area contributed by atoms with E-state index < -0.39 is 27.5 Å². The van der Waals surface area contributed by atoms with Gasteiger partial charge in [0.05, 0.1) is 11.3 Å². The molecule has 130 valence electrons. The predicted molar refractivity (Wildman–Crippen MR) is 82.0 cm³/mol. The quantitative estimate of drug-likeness (QED) is 0.908. The van der Waals surface area contributed by atoms with Crippen LogP contribution in [0.15, 0.2) is 24.3 Å². The summed E-state index contributed by atoms with van der Waals surface area (Å²) >= 11 is 0. The maximum atomic E-state index is 12.7. The number of piperidine rings is 1. The molecule has 2 rings (SSSR count). The van der Waals surface area contributed by atoms with Crippen molar-refractivity contribution in [3.63, 3.8) is 0 Å². The van der Waals surface area contributed by atoms with Gasteiger partial charge < -0.3 is 5.73 Å². The predicted octanol–water partition coefficient (Wildman–Crippen LogP) is 2.59. The van der Waals surface area contributed by atoms with Gasteiger partial charge in [-0.3, -0.25) is 0 Å². The van der Waals surface area contributed by atoms with Crippen LogP contribution in [0.5, 0.6) is 0 Å². The average molecular weight is 350 g/mol. The smallest absolute Gasteiger partial charge is 0.328 e. The zero-order valence-electron chi connectivity index (χ0n) is 12.9. The molecule has 8 heteroatoms. The van der Waals surface area contributed by atoms with Crippen molar-refractivity contribution in [1.82, 2.24) is 4.31 Å². The molecule has 0 unspecified atom stereocenters. The van der Waals surface area contributed by atoms with E-state index in [1.165, 1.54) is 16.4 Å². The van der Waals surface area contributed by atoms with E-state index in [2.05, 4.69) is 0 Å². The summed E-state index contributed by atoms with van der Waals surface area (Å²) in [5, 5.41) is 0. The van der Waals surface area contributed by atoms with Gasteiger partial charge >= 0.3 is 6.18 Å². The van der Waals surface area contributed by atoms with E-state index in [1.807, 2.05) is 6.92 Å². The molecule has 1 saturated heterocycles. The van der Waals surface area contributed by atoms with Crippen molar-refractivity contribution >= 4 is 10.0 Å². The van der Waals surface area contributed by atoms with E-state index in [0.717, 1.165) is 18.6 Å². The van der Waals surface area contributed by atoms with E-state index in [-0.39, 0.29) is 17.5 Å². The van der Waals surface area contributed by atoms with Gasteiger partial charge in [-0.25, -0.2) is 12.7 Å². The lowest BCUT2D eigenvalue weighted by molar-refractivity contribution is -0.137. The Morgan fingerprint density at radius 3 is 2.70 bits per heavy atom. The molecule has 1 aromatic carbocycles. The van der Waals surface area contributed by atoms with Crippen molar-refractivity contribution in [1.29, 1.82) is 0 Å². The van der Waals surface area contributed by atoms with Crippen molar-refractivity contribution < 1.29 is 21.6 Å². The van der Waals surface area contributed by atoms with Crippen molar-refractivity contribution in [2.24, 2.45) is 11.7 Å². The Balaban J connectivity index is 2.15. The van der Waals surface area contributed by atoms with Gasteiger partial charge in [0.15, 0.2) is 0 Å². The van der Waals surface area contributed by atoms with Crippen LogP contribution in [0.25, 0.3) is 0 Å². The third-order valence-electron chi connectivity index (χ3n) is 4.16. The molecule has 2 N–H and O–H groups in total. The van der Waals surface area contributed by atoms with E-state index in [9.17, 15) is 21.6 Å². The van der Waals surface area contributed by atoms with Crippen LogP contribution in [0.3, 0.4) is 0 Å². The first kappa shape index (κ1) is 18.2. The Labute approximate surface area is 134 Å². The summed E-state index contributed by atoms with van der Waals surface area (Å²) < 4.78 is 64.5. The summed E-state index contributed by atoms with van der Waals surface area (Å²) in [4.78, 5) is 0. The average Bonchev–Trinajstić information content (AvgIpc) is 2.46. The minimum atomic E-state index is -4.48. The Morgan fingerprint density at radius 1 is 1.39 bits per heavy atom. The van der Waals surface area contributed by atoms with Gasteiger partial charge in [0.2, 0.25) is 10.0 Å². The van der Waals surface area contributed by atoms with Crippen molar-refractivity contribution in [3.8, 4) is 0 Å². The second kappa shape index (κ2) is 6.78. The van der Waals surface area contributed by atoms with Crippen LogP contribution in [-0.2, 0) is 22.0 Å². The molecule has 1 heterocycles. The fourth-order valence-electron chi connectivity index (χ4n) is 2.80. The fourth-order valence-corrected chi connectivity index (χ4v) is 4.40. The molecule has 1 aliphatic heterocycles. The first-order chi connectivity index (χ1) is 10.6. The standard InChI is InChI=1S/C15H21F3N2O2S/c1-11(19)13-5-3-7-20(9-13)23(21,22)10-12-4-2-6-14(8-12)15(16,17)18/h2,4,6,8,11,13H,3,5,7,9-10,19H2,1H3/t11-,13+/m0/s1. The molecule has 1 aromatic rings.